The van der Waals surface area contributed by atoms with E-state index in [-0.39, 0.29) is 11.7 Å². The van der Waals surface area contributed by atoms with E-state index >= 15 is 0 Å². The topological polar surface area (TPSA) is 20.2 Å². The normalized spacial score (nSPS) is 19.6. The number of aryl methyl sites for hydroxylation is 2. The largest absolute Gasteiger partial charge is 0.385 e. The van der Waals surface area contributed by atoms with E-state index in [2.05, 4.69) is 0 Å². The zero-order valence-corrected chi connectivity index (χ0v) is 10.2. The van der Waals surface area contributed by atoms with Crippen LogP contribution in [0.2, 0.25) is 0 Å². The highest BCUT2D eigenvalue weighted by atomic mass is 19.1. The molecule has 0 spiro atoms. The molecule has 1 aliphatic rings. The van der Waals surface area contributed by atoms with Crippen molar-refractivity contribution in [2.45, 2.75) is 45.6 Å². The third-order valence-corrected chi connectivity index (χ3v) is 3.66. The van der Waals surface area contributed by atoms with Crippen molar-refractivity contribution >= 4 is 0 Å². The predicted octanol–water partition coefficient (Wildman–Crippen LogP) is 3.45. The summed E-state index contributed by atoms with van der Waals surface area (Å²) >= 11 is 0. The van der Waals surface area contributed by atoms with Crippen LogP contribution in [0, 0.1) is 25.6 Å². The maximum Gasteiger partial charge on any atom is 0.129 e. The lowest BCUT2D eigenvalue weighted by molar-refractivity contribution is 0.00492. The fourth-order valence-corrected chi connectivity index (χ4v) is 2.69. The molecule has 1 aliphatic carbocycles. The summed E-state index contributed by atoms with van der Waals surface area (Å²) in [7, 11) is 0. The zero-order valence-electron chi connectivity index (χ0n) is 10.2. The lowest BCUT2D eigenvalue weighted by Gasteiger charge is -2.29. The fourth-order valence-electron chi connectivity index (χ4n) is 2.69. The number of aliphatic hydroxyl groups is 1. The molecule has 0 aliphatic heterocycles. The molecule has 0 heterocycles. The summed E-state index contributed by atoms with van der Waals surface area (Å²) in [5.74, 6) is -0.0119. The van der Waals surface area contributed by atoms with Crippen molar-refractivity contribution in [2.24, 2.45) is 5.92 Å². The van der Waals surface area contributed by atoms with Crippen LogP contribution in [0.25, 0.3) is 0 Å². The number of halogens is 1. The van der Waals surface area contributed by atoms with Crippen LogP contribution >= 0.6 is 0 Å². The number of hydrogen-bond donors (Lipinski definition) is 1. The van der Waals surface area contributed by atoms with Gasteiger partial charge in [0.2, 0.25) is 0 Å². The second-order valence-corrected chi connectivity index (χ2v) is 4.99. The Morgan fingerprint density at radius 2 is 2.00 bits per heavy atom. The SMILES string of the molecule is CCC(O)(c1c(C)cc(C)cc1F)C1CC1. The van der Waals surface area contributed by atoms with Crippen molar-refractivity contribution in [3.8, 4) is 0 Å². The molecular weight excluding hydrogens is 203 g/mol. The molecule has 1 aromatic rings. The molecule has 1 fully saturated rings. The fraction of sp³-hybridized carbons (Fsp3) is 0.571. The summed E-state index contributed by atoms with van der Waals surface area (Å²) in [5.41, 5.74) is 1.34. The average molecular weight is 222 g/mol. The summed E-state index contributed by atoms with van der Waals surface area (Å²) in [4.78, 5) is 0. The van der Waals surface area contributed by atoms with E-state index in [0.717, 1.165) is 24.0 Å². The van der Waals surface area contributed by atoms with E-state index in [9.17, 15) is 9.50 Å². The van der Waals surface area contributed by atoms with Crippen LogP contribution in [0.5, 0.6) is 0 Å². The molecular formula is C14H19FO. The Kier molecular flexibility index (Phi) is 2.79. The van der Waals surface area contributed by atoms with Crippen molar-refractivity contribution in [1.29, 1.82) is 0 Å². The molecule has 0 aromatic heterocycles. The minimum absolute atomic E-state index is 0.244. The van der Waals surface area contributed by atoms with Gasteiger partial charge in [-0.15, -0.1) is 0 Å². The van der Waals surface area contributed by atoms with Crippen molar-refractivity contribution in [3.05, 3.63) is 34.6 Å². The van der Waals surface area contributed by atoms with E-state index in [1.165, 1.54) is 6.07 Å². The molecule has 1 N–H and O–H groups in total. The molecule has 0 saturated heterocycles. The van der Waals surface area contributed by atoms with Gasteiger partial charge in [-0.25, -0.2) is 4.39 Å². The molecule has 16 heavy (non-hydrogen) atoms. The molecule has 88 valence electrons. The van der Waals surface area contributed by atoms with Crippen LogP contribution in [0.4, 0.5) is 4.39 Å². The third kappa shape index (κ3) is 1.75. The van der Waals surface area contributed by atoms with Gasteiger partial charge in [-0.3, -0.25) is 0 Å². The first-order valence-corrected chi connectivity index (χ1v) is 5.98. The van der Waals surface area contributed by atoms with E-state index in [0.29, 0.717) is 12.0 Å². The Bertz CT molecular complexity index is 386. The quantitative estimate of drug-likeness (QED) is 0.830. The van der Waals surface area contributed by atoms with E-state index in [4.69, 9.17) is 0 Å². The van der Waals surface area contributed by atoms with Gasteiger partial charge in [-0.05, 0) is 56.2 Å². The standard InChI is InChI=1S/C14H19FO/c1-4-14(16,11-5-6-11)13-10(3)7-9(2)8-12(13)15/h7-8,11,16H,4-6H2,1-3H3. The van der Waals surface area contributed by atoms with Crippen LogP contribution < -0.4 is 0 Å². The molecule has 1 nitrogen and oxygen atoms in total. The van der Waals surface area contributed by atoms with E-state index in [1.54, 1.807) is 0 Å². The lowest BCUT2D eigenvalue weighted by Crippen LogP contribution is -2.29. The Hall–Kier alpha value is -0.890. The smallest absolute Gasteiger partial charge is 0.129 e. The molecule has 0 amide bonds. The Labute approximate surface area is 96.3 Å². The average Bonchev–Trinajstić information content (AvgIpc) is 2.98. The van der Waals surface area contributed by atoms with E-state index in [1.807, 2.05) is 26.8 Å². The first kappa shape index (κ1) is 11.6. The second-order valence-electron chi connectivity index (χ2n) is 4.99. The van der Waals surface area contributed by atoms with Crippen LogP contribution in [0.3, 0.4) is 0 Å². The molecule has 1 atom stereocenters. The number of rotatable bonds is 3. The predicted molar refractivity (Wildman–Crippen MR) is 62.8 cm³/mol. The van der Waals surface area contributed by atoms with Crippen LogP contribution in [-0.4, -0.2) is 5.11 Å². The van der Waals surface area contributed by atoms with Crippen molar-refractivity contribution in [3.63, 3.8) is 0 Å². The van der Waals surface area contributed by atoms with Crippen molar-refractivity contribution in [2.75, 3.05) is 0 Å². The summed E-state index contributed by atoms with van der Waals surface area (Å²) in [5, 5.41) is 10.6. The van der Waals surface area contributed by atoms with Gasteiger partial charge in [-0.1, -0.05) is 13.0 Å². The first-order chi connectivity index (χ1) is 7.49. The van der Waals surface area contributed by atoms with Gasteiger partial charge < -0.3 is 5.11 Å². The van der Waals surface area contributed by atoms with Crippen LogP contribution in [0.1, 0.15) is 42.9 Å². The Morgan fingerprint density at radius 3 is 2.44 bits per heavy atom. The number of hydrogen-bond acceptors (Lipinski definition) is 1. The van der Waals surface area contributed by atoms with Gasteiger partial charge in [0.15, 0.2) is 0 Å². The minimum Gasteiger partial charge on any atom is -0.385 e. The summed E-state index contributed by atoms with van der Waals surface area (Å²) in [6, 6.07) is 3.47. The van der Waals surface area contributed by atoms with Gasteiger partial charge in [0.25, 0.3) is 0 Å². The number of benzene rings is 1. The van der Waals surface area contributed by atoms with Gasteiger partial charge in [-0.2, -0.15) is 0 Å². The summed E-state index contributed by atoms with van der Waals surface area (Å²) < 4.78 is 14.0. The van der Waals surface area contributed by atoms with Gasteiger partial charge in [0.05, 0.1) is 5.60 Å². The second kappa shape index (κ2) is 3.85. The first-order valence-electron chi connectivity index (χ1n) is 5.98. The molecule has 2 rings (SSSR count). The molecule has 2 heteroatoms. The molecule has 1 unspecified atom stereocenters. The third-order valence-electron chi connectivity index (χ3n) is 3.66. The summed E-state index contributed by atoms with van der Waals surface area (Å²) in [6.45, 7) is 5.69. The maximum absolute atomic E-state index is 14.0. The van der Waals surface area contributed by atoms with E-state index < -0.39 is 5.60 Å². The Morgan fingerprint density at radius 1 is 1.38 bits per heavy atom. The van der Waals surface area contributed by atoms with Crippen molar-refractivity contribution in [1.82, 2.24) is 0 Å². The maximum atomic E-state index is 14.0. The molecule has 0 bridgehead atoms. The highest BCUT2D eigenvalue weighted by molar-refractivity contribution is 5.37. The van der Waals surface area contributed by atoms with Crippen LogP contribution in [0.15, 0.2) is 12.1 Å². The Balaban J connectivity index is 2.53. The van der Waals surface area contributed by atoms with Gasteiger partial charge in [0.1, 0.15) is 5.82 Å². The monoisotopic (exact) mass is 222 g/mol. The molecule has 1 saturated carbocycles. The lowest BCUT2D eigenvalue weighted by atomic mass is 9.83. The molecule has 0 radical (unpaired) electrons. The van der Waals surface area contributed by atoms with Crippen LogP contribution in [-0.2, 0) is 5.60 Å². The minimum atomic E-state index is -0.956. The molecule has 1 aromatic carbocycles. The summed E-state index contributed by atoms with van der Waals surface area (Å²) in [6.07, 6.45) is 2.60. The van der Waals surface area contributed by atoms with Gasteiger partial charge in [0, 0.05) is 5.56 Å². The highest BCUT2D eigenvalue weighted by Gasteiger charge is 2.45. The van der Waals surface area contributed by atoms with Crippen molar-refractivity contribution < 1.29 is 9.50 Å². The van der Waals surface area contributed by atoms with Gasteiger partial charge >= 0.3 is 0 Å². The highest BCUT2D eigenvalue weighted by Crippen LogP contribution is 2.49. The zero-order chi connectivity index (χ0) is 11.9.